The lowest BCUT2D eigenvalue weighted by Crippen LogP contribution is -2.41. The van der Waals surface area contributed by atoms with Crippen molar-refractivity contribution >= 4 is 11.8 Å². The molecule has 2 amide bonds. The fraction of sp³-hybridized carbons (Fsp3) is 0.273. The molecule has 1 unspecified atom stereocenters. The first-order valence-corrected chi connectivity index (χ1v) is 8.81. The summed E-state index contributed by atoms with van der Waals surface area (Å²) in [5.41, 5.74) is 3.21. The Morgan fingerprint density at radius 1 is 1.12 bits per heavy atom. The van der Waals surface area contributed by atoms with Gasteiger partial charge in [0.05, 0.1) is 19.0 Å². The average molecular weight is 346 g/mol. The summed E-state index contributed by atoms with van der Waals surface area (Å²) in [6.45, 7) is 2.50. The Balaban J connectivity index is 1.63. The average Bonchev–Trinajstić information content (AvgIpc) is 2.66. The van der Waals surface area contributed by atoms with Gasteiger partial charge >= 0.3 is 0 Å². The van der Waals surface area contributed by atoms with Crippen molar-refractivity contribution in [1.29, 1.82) is 0 Å². The predicted octanol–water partition coefficient (Wildman–Crippen LogP) is 2.69. The molecule has 4 heteroatoms. The second kappa shape index (κ2) is 8.35. The number of rotatable bonds is 3. The van der Waals surface area contributed by atoms with Crippen molar-refractivity contribution in [3.05, 3.63) is 71.3 Å². The number of nitrogens with one attached hydrogen (secondary N) is 1. The molecule has 3 rings (SSSR count). The van der Waals surface area contributed by atoms with Crippen LogP contribution in [-0.2, 0) is 16.0 Å². The lowest BCUT2D eigenvalue weighted by Gasteiger charge is -2.36. The van der Waals surface area contributed by atoms with Crippen molar-refractivity contribution in [2.24, 2.45) is 0 Å². The number of hydrogen-bond acceptors (Lipinski definition) is 2. The molecule has 0 spiro atoms. The van der Waals surface area contributed by atoms with Crippen LogP contribution in [0.3, 0.4) is 0 Å². The highest BCUT2D eigenvalue weighted by Crippen LogP contribution is 2.32. The largest absolute Gasteiger partial charge is 0.345 e. The molecule has 0 bridgehead atoms. The lowest BCUT2D eigenvalue weighted by atomic mass is 9.90. The van der Waals surface area contributed by atoms with Gasteiger partial charge in [0.15, 0.2) is 0 Å². The van der Waals surface area contributed by atoms with E-state index in [4.69, 9.17) is 0 Å². The summed E-state index contributed by atoms with van der Waals surface area (Å²) in [4.78, 5) is 26.2. The number of amides is 2. The molecule has 2 aromatic rings. The van der Waals surface area contributed by atoms with Gasteiger partial charge < -0.3 is 10.2 Å². The predicted molar refractivity (Wildman–Crippen MR) is 101 cm³/mol. The standard InChI is InChI=1S/C22H22N2O2/c1-17(25)24-15-13-19-11-5-6-12-20(19)21(24)16-22(26)23-14-7-10-18-8-3-2-4-9-18/h2-6,8-9,11-12,21H,13-16H2,1H3,(H,23,26). The van der Waals surface area contributed by atoms with Crippen LogP contribution in [-0.4, -0.2) is 29.8 Å². The van der Waals surface area contributed by atoms with Gasteiger partial charge in [-0.2, -0.15) is 0 Å². The summed E-state index contributed by atoms with van der Waals surface area (Å²) in [5.74, 6) is 5.88. The first-order valence-electron chi connectivity index (χ1n) is 8.81. The third kappa shape index (κ3) is 4.31. The zero-order valence-corrected chi connectivity index (χ0v) is 14.9. The highest BCUT2D eigenvalue weighted by atomic mass is 16.2. The van der Waals surface area contributed by atoms with E-state index < -0.39 is 0 Å². The Labute approximate surface area is 154 Å². The number of benzene rings is 2. The number of carbonyl (C=O) groups excluding carboxylic acids is 2. The van der Waals surface area contributed by atoms with Crippen molar-refractivity contribution in [2.75, 3.05) is 13.1 Å². The van der Waals surface area contributed by atoms with Crippen LogP contribution in [0.25, 0.3) is 0 Å². The molecule has 1 aliphatic heterocycles. The van der Waals surface area contributed by atoms with Crippen LogP contribution in [0.4, 0.5) is 0 Å². The molecular weight excluding hydrogens is 324 g/mol. The summed E-state index contributed by atoms with van der Waals surface area (Å²) in [6.07, 6.45) is 1.08. The third-order valence-electron chi connectivity index (χ3n) is 4.58. The van der Waals surface area contributed by atoms with E-state index >= 15 is 0 Å². The minimum atomic E-state index is -0.209. The number of nitrogens with zero attached hydrogens (tertiary/aromatic N) is 1. The van der Waals surface area contributed by atoms with Crippen molar-refractivity contribution in [3.8, 4) is 11.8 Å². The molecule has 132 valence electrons. The molecule has 0 aromatic heterocycles. The fourth-order valence-electron chi connectivity index (χ4n) is 3.31. The maximum Gasteiger partial charge on any atom is 0.223 e. The Kier molecular flexibility index (Phi) is 5.70. The van der Waals surface area contributed by atoms with Crippen LogP contribution < -0.4 is 5.32 Å². The number of fused-ring (bicyclic) bond motifs is 1. The molecule has 0 saturated carbocycles. The van der Waals surface area contributed by atoms with E-state index in [1.807, 2.05) is 48.5 Å². The zero-order valence-electron chi connectivity index (χ0n) is 14.9. The highest BCUT2D eigenvalue weighted by molar-refractivity contribution is 5.79. The van der Waals surface area contributed by atoms with Gasteiger partial charge in [0, 0.05) is 19.0 Å². The van der Waals surface area contributed by atoms with Crippen LogP contribution in [0.2, 0.25) is 0 Å². The second-order valence-electron chi connectivity index (χ2n) is 6.33. The van der Waals surface area contributed by atoms with Gasteiger partial charge in [-0.05, 0) is 29.7 Å². The van der Waals surface area contributed by atoms with E-state index in [-0.39, 0.29) is 24.3 Å². The molecular formula is C22H22N2O2. The fourth-order valence-corrected chi connectivity index (χ4v) is 3.31. The SMILES string of the molecule is CC(=O)N1CCc2ccccc2C1CC(=O)NCC#Cc1ccccc1. The number of hydrogen-bond donors (Lipinski definition) is 1. The van der Waals surface area contributed by atoms with Crippen LogP contribution in [0.1, 0.15) is 36.1 Å². The van der Waals surface area contributed by atoms with Crippen molar-refractivity contribution in [2.45, 2.75) is 25.8 Å². The molecule has 1 N–H and O–H groups in total. The third-order valence-corrected chi connectivity index (χ3v) is 4.58. The van der Waals surface area contributed by atoms with E-state index in [2.05, 4.69) is 23.2 Å². The summed E-state index contributed by atoms with van der Waals surface area (Å²) in [5, 5.41) is 2.84. The van der Waals surface area contributed by atoms with Gasteiger partial charge in [-0.15, -0.1) is 0 Å². The van der Waals surface area contributed by atoms with E-state index in [0.29, 0.717) is 13.1 Å². The summed E-state index contributed by atoms with van der Waals surface area (Å²) < 4.78 is 0. The van der Waals surface area contributed by atoms with Gasteiger partial charge in [-0.1, -0.05) is 54.3 Å². The molecule has 1 atom stereocenters. The van der Waals surface area contributed by atoms with E-state index in [0.717, 1.165) is 17.5 Å². The highest BCUT2D eigenvalue weighted by Gasteiger charge is 2.30. The second-order valence-corrected chi connectivity index (χ2v) is 6.33. The van der Waals surface area contributed by atoms with Crippen molar-refractivity contribution < 1.29 is 9.59 Å². The summed E-state index contributed by atoms with van der Waals surface area (Å²) in [6, 6.07) is 17.5. The first-order chi connectivity index (χ1) is 12.6. The molecule has 1 heterocycles. The van der Waals surface area contributed by atoms with Crippen LogP contribution >= 0.6 is 0 Å². The lowest BCUT2D eigenvalue weighted by molar-refractivity contribution is -0.133. The Morgan fingerprint density at radius 2 is 1.85 bits per heavy atom. The molecule has 4 nitrogen and oxygen atoms in total. The monoisotopic (exact) mass is 346 g/mol. The van der Waals surface area contributed by atoms with E-state index in [1.165, 1.54) is 5.56 Å². The van der Waals surface area contributed by atoms with Gasteiger partial charge in [-0.25, -0.2) is 0 Å². The van der Waals surface area contributed by atoms with Gasteiger partial charge in [0.2, 0.25) is 11.8 Å². The normalized spacial score (nSPS) is 15.4. The van der Waals surface area contributed by atoms with Gasteiger partial charge in [0.1, 0.15) is 0 Å². The van der Waals surface area contributed by atoms with Crippen molar-refractivity contribution in [3.63, 3.8) is 0 Å². The summed E-state index contributed by atoms with van der Waals surface area (Å²) >= 11 is 0. The maximum atomic E-state index is 12.4. The quantitative estimate of drug-likeness (QED) is 0.869. The molecule has 0 radical (unpaired) electrons. The zero-order chi connectivity index (χ0) is 18.4. The molecule has 2 aromatic carbocycles. The van der Waals surface area contributed by atoms with Gasteiger partial charge in [0.25, 0.3) is 0 Å². The minimum Gasteiger partial charge on any atom is -0.345 e. The molecule has 0 aliphatic carbocycles. The topological polar surface area (TPSA) is 49.4 Å². The summed E-state index contributed by atoms with van der Waals surface area (Å²) in [7, 11) is 0. The molecule has 0 fully saturated rings. The molecule has 1 aliphatic rings. The van der Waals surface area contributed by atoms with E-state index in [1.54, 1.807) is 11.8 Å². The first kappa shape index (κ1) is 17.8. The molecule has 26 heavy (non-hydrogen) atoms. The van der Waals surface area contributed by atoms with Crippen LogP contribution in [0.15, 0.2) is 54.6 Å². The van der Waals surface area contributed by atoms with Gasteiger partial charge in [-0.3, -0.25) is 9.59 Å². The smallest absolute Gasteiger partial charge is 0.223 e. The van der Waals surface area contributed by atoms with Crippen LogP contribution in [0.5, 0.6) is 0 Å². The Morgan fingerprint density at radius 3 is 2.62 bits per heavy atom. The number of carbonyl (C=O) groups is 2. The maximum absolute atomic E-state index is 12.4. The van der Waals surface area contributed by atoms with Crippen molar-refractivity contribution in [1.82, 2.24) is 10.2 Å². The minimum absolute atomic E-state index is 0.00109. The van der Waals surface area contributed by atoms with Crippen LogP contribution in [0, 0.1) is 11.8 Å². The molecule has 0 saturated heterocycles. The Hall–Kier alpha value is -3.06. The van der Waals surface area contributed by atoms with E-state index in [9.17, 15) is 9.59 Å². The Bertz CT molecular complexity index is 849.